The molecule has 0 N–H and O–H groups in total. The first-order valence-corrected chi connectivity index (χ1v) is 20.8. The summed E-state index contributed by atoms with van der Waals surface area (Å²) in [4.78, 5) is 2.42. The molecule has 2 aliphatic rings. The second-order valence-electron chi connectivity index (χ2n) is 16.0. The van der Waals surface area contributed by atoms with Gasteiger partial charge in [-0.2, -0.15) is 0 Å². The minimum Gasteiger partial charge on any atom is -0.310 e. The molecule has 10 aromatic carbocycles. The Labute approximate surface area is 351 Å². The largest absolute Gasteiger partial charge is 0.310 e. The second kappa shape index (κ2) is 13.7. The summed E-state index contributed by atoms with van der Waals surface area (Å²) in [5.41, 5.74) is 20.4. The summed E-state index contributed by atoms with van der Waals surface area (Å²) >= 11 is 0. The van der Waals surface area contributed by atoms with Gasteiger partial charge >= 0.3 is 0 Å². The first kappa shape index (κ1) is 34.3. The Balaban J connectivity index is 1.13. The van der Waals surface area contributed by atoms with Gasteiger partial charge in [0.15, 0.2) is 0 Å². The third-order valence-corrected chi connectivity index (χ3v) is 12.9. The quantitative estimate of drug-likeness (QED) is 0.169. The molecule has 0 amide bonds. The molecule has 0 fully saturated rings. The van der Waals surface area contributed by atoms with Crippen LogP contribution in [0.5, 0.6) is 0 Å². The van der Waals surface area contributed by atoms with Crippen molar-refractivity contribution in [2.24, 2.45) is 0 Å². The first-order chi connectivity index (χ1) is 29.8. The molecule has 1 nitrogen and oxygen atoms in total. The molecule has 0 saturated heterocycles. The van der Waals surface area contributed by atoms with Crippen molar-refractivity contribution in [3.8, 4) is 55.6 Å². The average molecular weight is 762 g/mol. The number of hydrogen-bond donors (Lipinski definition) is 0. The minimum absolute atomic E-state index is 0.557. The number of hydrogen-bond acceptors (Lipinski definition) is 1. The monoisotopic (exact) mass is 761 g/mol. The summed E-state index contributed by atoms with van der Waals surface area (Å²) in [5.74, 6) is 0. The molecule has 0 saturated carbocycles. The fourth-order valence-electron chi connectivity index (χ4n) is 10.2. The lowest BCUT2D eigenvalue weighted by molar-refractivity contribution is 0.776. The predicted octanol–water partition coefficient (Wildman–Crippen LogP) is 15.7. The molecule has 0 heterocycles. The van der Waals surface area contributed by atoms with E-state index in [1.54, 1.807) is 0 Å². The topological polar surface area (TPSA) is 3.24 Å². The molecule has 60 heavy (non-hydrogen) atoms. The lowest BCUT2D eigenvalue weighted by atomic mass is 9.65. The van der Waals surface area contributed by atoms with E-state index in [-0.39, 0.29) is 0 Å². The Kier molecular flexibility index (Phi) is 7.83. The Morgan fingerprint density at radius 2 is 0.617 bits per heavy atom. The van der Waals surface area contributed by atoms with Crippen LogP contribution in [0.25, 0.3) is 66.4 Å². The summed E-state index contributed by atoms with van der Waals surface area (Å²) in [6.45, 7) is 0. The third-order valence-electron chi connectivity index (χ3n) is 12.9. The van der Waals surface area contributed by atoms with Crippen LogP contribution < -0.4 is 4.90 Å². The highest BCUT2D eigenvalue weighted by molar-refractivity contribution is 6.01. The van der Waals surface area contributed by atoms with Crippen molar-refractivity contribution in [1.82, 2.24) is 0 Å². The van der Waals surface area contributed by atoms with Crippen molar-refractivity contribution in [1.29, 1.82) is 0 Å². The van der Waals surface area contributed by atoms with Gasteiger partial charge in [0.25, 0.3) is 0 Å². The maximum Gasteiger partial charge on any atom is 0.0725 e. The fraction of sp³-hybridized carbons (Fsp3) is 0.0169. The SMILES string of the molecule is c1ccc(-c2ccc(N(c3ccc(-c4ccccc4)cc3)c3ccc4c(c3)-c3ccccc3-c3ccccc3C43c4ccccc4-c4cc5ccccc5cc43)cc2)cc1. The van der Waals surface area contributed by atoms with Gasteiger partial charge in [0.1, 0.15) is 0 Å². The Morgan fingerprint density at radius 3 is 1.18 bits per heavy atom. The standard InChI is InChI=1S/C59H39N/c1-3-15-40(16-4-1)42-27-31-46(32-28-42)60(47-33-29-43(30-34-47)41-17-5-2-6-18-41)48-35-36-57-54(39-48)50-22-10-9-21-49(50)51-23-11-13-25-55(51)59(57)56-26-14-12-24-52(56)53-37-44-19-7-8-20-45(44)38-58(53)59/h1-39H. The zero-order chi connectivity index (χ0) is 39.6. The normalized spacial score (nSPS) is 14.4. The van der Waals surface area contributed by atoms with Crippen molar-refractivity contribution in [2.75, 3.05) is 4.90 Å². The van der Waals surface area contributed by atoms with Gasteiger partial charge in [0.05, 0.1) is 5.41 Å². The summed E-state index contributed by atoms with van der Waals surface area (Å²) in [6, 6.07) is 87.6. The smallest absolute Gasteiger partial charge is 0.0725 e. The van der Waals surface area contributed by atoms with Gasteiger partial charge < -0.3 is 4.90 Å². The van der Waals surface area contributed by atoms with Crippen LogP contribution in [0, 0.1) is 0 Å². The molecule has 280 valence electrons. The maximum atomic E-state index is 2.48. The molecule has 1 heteroatoms. The predicted molar refractivity (Wildman–Crippen MR) is 251 cm³/mol. The Morgan fingerprint density at radius 1 is 0.233 bits per heavy atom. The van der Waals surface area contributed by atoms with Crippen molar-refractivity contribution < 1.29 is 0 Å². The molecule has 0 aliphatic heterocycles. The molecular weight excluding hydrogens is 723 g/mol. The fourth-order valence-corrected chi connectivity index (χ4v) is 10.2. The van der Waals surface area contributed by atoms with Gasteiger partial charge in [-0.1, -0.05) is 188 Å². The summed E-state index contributed by atoms with van der Waals surface area (Å²) in [5, 5.41) is 2.51. The van der Waals surface area contributed by atoms with E-state index in [1.807, 2.05) is 0 Å². The lowest BCUT2D eigenvalue weighted by Crippen LogP contribution is -2.29. The van der Waals surface area contributed by atoms with Gasteiger partial charge in [-0.05, 0) is 137 Å². The molecule has 12 rings (SSSR count). The molecule has 10 aromatic rings. The Bertz CT molecular complexity index is 3150. The first-order valence-electron chi connectivity index (χ1n) is 20.8. The van der Waals surface area contributed by atoms with Gasteiger partial charge in [-0.25, -0.2) is 0 Å². The van der Waals surface area contributed by atoms with Gasteiger partial charge in [0, 0.05) is 17.1 Å². The average Bonchev–Trinajstić information content (AvgIpc) is 3.55. The lowest BCUT2D eigenvalue weighted by Gasteiger charge is -2.36. The van der Waals surface area contributed by atoms with Crippen molar-refractivity contribution in [2.45, 2.75) is 5.41 Å². The van der Waals surface area contributed by atoms with Crippen molar-refractivity contribution >= 4 is 27.8 Å². The molecule has 0 radical (unpaired) electrons. The zero-order valence-corrected chi connectivity index (χ0v) is 33.0. The number of benzene rings is 10. The number of rotatable bonds is 5. The van der Waals surface area contributed by atoms with E-state index in [0.717, 1.165) is 17.1 Å². The third kappa shape index (κ3) is 5.19. The van der Waals surface area contributed by atoms with Crippen LogP contribution in [0.15, 0.2) is 237 Å². The molecule has 1 atom stereocenters. The van der Waals surface area contributed by atoms with Crippen molar-refractivity contribution in [3.63, 3.8) is 0 Å². The summed E-state index contributed by atoms with van der Waals surface area (Å²) < 4.78 is 0. The van der Waals surface area contributed by atoms with E-state index in [1.165, 1.54) is 88.7 Å². The second-order valence-corrected chi connectivity index (χ2v) is 16.0. The minimum atomic E-state index is -0.557. The highest BCUT2D eigenvalue weighted by Crippen LogP contribution is 2.62. The molecule has 0 aromatic heterocycles. The van der Waals surface area contributed by atoms with Gasteiger partial charge in [0.2, 0.25) is 0 Å². The number of nitrogens with zero attached hydrogens (tertiary/aromatic N) is 1. The van der Waals surface area contributed by atoms with E-state index in [4.69, 9.17) is 0 Å². The van der Waals surface area contributed by atoms with Gasteiger partial charge in [-0.3, -0.25) is 0 Å². The number of anilines is 3. The molecule has 1 spiro atoms. The highest BCUT2D eigenvalue weighted by Gasteiger charge is 2.50. The zero-order valence-electron chi connectivity index (χ0n) is 33.0. The molecular formula is C59H39N. The summed E-state index contributed by atoms with van der Waals surface area (Å²) in [7, 11) is 0. The van der Waals surface area contributed by atoms with Gasteiger partial charge in [-0.15, -0.1) is 0 Å². The molecule has 0 bridgehead atoms. The van der Waals surface area contributed by atoms with Crippen molar-refractivity contribution in [3.05, 3.63) is 259 Å². The van der Waals surface area contributed by atoms with E-state index >= 15 is 0 Å². The molecule has 2 aliphatic carbocycles. The van der Waals surface area contributed by atoms with Crippen LogP contribution in [-0.2, 0) is 5.41 Å². The Hall–Kier alpha value is -7.74. The highest BCUT2D eigenvalue weighted by atomic mass is 15.1. The van der Waals surface area contributed by atoms with Crippen LogP contribution in [0.1, 0.15) is 22.3 Å². The van der Waals surface area contributed by atoms with Crippen LogP contribution in [0.4, 0.5) is 17.1 Å². The van der Waals surface area contributed by atoms with Crippen LogP contribution in [0.3, 0.4) is 0 Å². The summed E-state index contributed by atoms with van der Waals surface area (Å²) in [6.07, 6.45) is 0. The van der Waals surface area contributed by atoms with E-state index in [0.29, 0.717) is 0 Å². The van der Waals surface area contributed by atoms with Crippen LogP contribution in [-0.4, -0.2) is 0 Å². The van der Waals surface area contributed by atoms with E-state index in [9.17, 15) is 0 Å². The van der Waals surface area contributed by atoms with E-state index < -0.39 is 5.41 Å². The number of fused-ring (bicyclic) bond motifs is 13. The van der Waals surface area contributed by atoms with E-state index in [2.05, 4.69) is 241 Å². The molecule has 1 unspecified atom stereocenters. The maximum absolute atomic E-state index is 2.48. The van der Waals surface area contributed by atoms with Crippen LogP contribution >= 0.6 is 0 Å². The van der Waals surface area contributed by atoms with Crippen LogP contribution in [0.2, 0.25) is 0 Å².